The molecule has 2 unspecified atom stereocenters. The highest BCUT2D eigenvalue weighted by Crippen LogP contribution is 2.33. The van der Waals surface area contributed by atoms with Crippen LogP contribution in [0.2, 0.25) is 0 Å². The van der Waals surface area contributed by atoms with Gasteiger partial charge in [0.1, 0.15) is 0 Å². The average Bonchev–Trinajstić information content (AvgIpc) is 2.57. The van der Waals surface area contributed by atoms with Crippen LogP contribution in [0, 0.1) is 5.92 Å². The fourth-order valence-electron chi connectivity index (χ4n) is 2.51. The van der Waals surface area contributed by atoms with Gasteiger partial charge in [-0.3, -0.25) is 4.68 Å². The Morgan fingerprint density at radius 2 is 2.40 bits per heavy atom. The summed E-state index contributed by atoms with van der Waals surface area (Å²) in [4.78, 5) is 0. The first kappa shape index (κ1) is 10.6. The van der Waals surface area contributed by atoms with Crippen LogP contribution in [0.25, 0.3) is 0 Å². The van der Waals surface area contributed by atoms with E-state index in [1.54, 1.807) is 4.68 Å². The zero-order valence-corrected chi connectivity index (χ0v) is 9.61. The summed E-state index contributed by atoms with van der Waals surface area (Å²) in [5.41, 5.74) is 7.43. The highest BCUT2D eigenvalue weighted by atomic mass is 15.4. The molecule has 4 heteroatoms. The molecule has 0 bridgehead atoms. The van der Waals surface area contributed by atoms with Gasteiger partial charge < -0.3 is 5.73 Å². The minimum atomic E-state index is -0.0612. The second kappa shape index (κ2) is 3.93. The highest BCUT2D eigenvalue weighted by molar-refractivity contribution is 5.04. The van der Waals surface area contributed by atoms with Crippen molar-refractivity contribution in [2.75, 3.05) is 0 Å². The SMILES string of the molecule is CC1CCCCC1(N)Cc1cn(C)nn1. The molecule has 1 aromatic heterocycles. The highest BCUT2D eigenvalue weighted by Gasteiger charge is 2.34. The molecular formula is C11H20N4. The van der Waals surface area contributed by atoms with Crippen molar-refractivity contribution < 1.29 is 0 Å². The molecule has 1 saturated carbocycles. The lowest BCUT2D eigenvalue weighted by Gasteiger charge is -2.39. The van der Waals surface area contributed by atoms with Crippen molar-refractivity contribution in [1.29, 1.82) is 0 Å². The maximum Gasteiger partial charge on any atom is 0.0845 e. The molecule has 84 valence electrons. The minimum Gasteiger partial charge on any atom is -0.325 e. The van der Waals surface area contributed by atoms with Crippen molar-refractivity contribution >= 4 is 0 Å². The number of nitrogens with two attached hydrogens (primary N) is 1. The van der Waals surface area contributed by atoms with Crippen LogP contribution in [0.3, 0.4) is 0 Å². The van der Waals surface area contributed by atoms with Gasteiger partial charge in [0.05, 0.1) is 5.69 Å². The van der Waals surface area contributed by atoms with Crippen molar-refractivity contribution in [2.45, 2.75) is 44.6 Å². The number of hydrogen-bond acceptors (Lipinski definition) is 3. The second-order valence-corrected chi connectivity index (χ2v) is 4.94. The molecule has 1 heterocycles. The van der Waals surface area contributed by atoms with Crippen LogP contribution in [0.5, 0.6) is 0 Å². The summed E-state index contributed by atoms with van der Waals surface area (Å²) in [6, 6.07) is 0. The molecule has 0 aliphatic heterocycles. The molecule has 2 atom stereocenters. The summed E-state index contributed by atoms with van der Waals surface area (Å²) in [6.07, 6.45) is 7.77. The monoisotopic (exact) mass is 208 g/mol. The normalized spacial score (nSPS) is 31.8. The molecule has 1 aliphatic carbocycles. The van der Waals surface area contributed by atoms with Crippen molar-refractivity contribution in [1.82, 2.24) is 15.0 Å². The number of nitrogens with zero attached hydrogens (tertiary/aromatic N) is 3. The Morgan fingerprint density at radius 3 is 3.00 bits per heavy atom. The zero-order valence-electron chi connectivity index (χ0n) is 9.61. The van der Waals surface area contributed by atoms with Gasteiger partial charge >= 0.3 is 0 Å². The van der Waals surface area contributed by atoms with Crippen LogP contribution in [-0.4, -0.2) is 20.5 Å². The standard InChI is InChI=1S/C11H20N4/c1-9-5-3-4-6-11(9,12)7-10-8-15(2)14-13-10/h8-9H,3-7,12H2,1-2H3. The fourth-order valence-corrected chi connectivity index (χ4v) is 2.51. The number of hydrogen-bond donors (Lipinski definition) is 1. The third-order valence-electron chi connectivity index (χ3n) is 3.67. The molecule has 4 nitrogen and oxygen atoms in total. The third kappa shape index (κ3) is 2.20. The lowest BCUT2D eigenvalue weighted by molar-refractivity contribution is 0.202. The summed E-state index contributed by atoms with van der Waals surface area (Å²) >= 11 is 0. The maximum absolute atomic E-state index is 6.47. The molecule has 0 spiro atoms. The van der Waals surface area contributed by atoms with Crippen molar-refractivity contribution in [3.8, 4) is 0 Å². The van der Waals surface area contributed by atoms with Gasteiger partial charge in [-0.1, -0.05) is 25.0 Å². The molecule has 0 radical (unpaired) electrons. The Bertz CT molecular complexity index is 333. The minimum absolute atomic E-state index is 0.0612. The van der Waals surface area contributed by atoms with Gasteiger partial charge in [-0.2, -0.15) is 0 Å². The Kier molecular flexibility index (Phi) is 2.78. The smallest absolute Gasteiger partial charge is 0.0845 e. The van der Waals surface area contributed by atoms with Gasteiger partial charge in [-0.25, -0.2) is 0 Å². The first-order valence-corrected chi connectivity index (χ1v) is 5.74. The predicted octanol–water partition coefficient (Wildman–Crippen LogP) is 1.27. The Hall–Kier alpha value is -0.900. The van der Waals surface area contributed by atoms with Crippen LogP contribution < -0.4 is 5.73 Å². The van der Waals surface area contributed by atoms with Crippen LogP contribution in [0.15, 0.2) is 6.20 Å². The number of aryl methyl sites for hydroxylation is 1. The van der Waals surface area contributed by atoms with Gasteiger partial charge in [-0.05, 0) is 18.8 Å². The van der Waals surface area contributed by atoms with Crippen molar-refractivity contribution in [2.24, 2.45) is 18.7 Å². The topological polar surface area (TPSA) is 56.7 Å². The third-order valence-corrected chi connectivity index (χ3v) is 3.67. The number of aromatic nitrogens is 3. The Balaban J connectivity index is 2.08. The summed E-state index contributed by atoms with van der Waals surface area (Å²) < 4.78 is 1.74. The Labute approximate surface area is 90.8 Å². The van der Waals surface area contributed by atoms with E-state index in [1.165, 1.54) is 19.3 Å². The average molecular weight is 208 g/mol. The van der Waals surface area contributed by atoms with Crippen LogP contribution in [-0.2, 0) is 13.5 Å². The molecule has 1 aliphatic rings. The first-order chi connectivity index (χ1) is 7.10. The van der Waals surface area contributed by atoms with Crippen LogP contribution in [0.1, 0.15) is 38.3 Å². The first-order valence-electron chi connectivity index (χ1n) is 5.74. The quantitative estimate of drug-likeness (QED) is 0.796. The molecule has 15 heavy (non-hydrogen) atoms. The molecule has 1 aromatic rings. The molecule has 0 saturated heterocycles. The lowest BCUT2D eigenvalue weighted by Crippen LogP contribution is -2.50. The summed E-state index contributed by atoms with van der Waals surface area (Å²) in [7, 11) is 1.89. The molecule has 2 rings (SSSR count). The van der Waals surface area contributed by atoms with E-state index >= 15 is 0 Å². The lowest BCUT2D eigenvalue weighted by atomic mass is 9.72. The van der Waals surface area contributed by atoms with E-state index in [1.807, 2.05) is 13.2 Å². The summed E-state index contributed by atoms with van der Waals surface area (Å²) in [5.74, 6) is 0.591. The van der Waals surface area contributed by atoms with Crippen molar-refractivity contribution in [3.63, 3.8) is 0 Å². The summed E-state index contributed by atoms with van der Waals surface area (Å²) in [5, 5.41) is 8.07. The maximum atomic E-state index is 6.47. The van der Waals surface area contributed by atoms with Crippen LogP contribution >= 0.6 is 0 Å². The fraction of sp³-hybridized carbons (Fsp3) is 0.818. The van der Waals surface area contributed by atoms with Crippen molar-refractivity contribution in [3.05, 3.63) is 11.9 Å². The predicted molar refractivity (Wildman–Crippen MR) is 59.3 cm³/mol. The van der Waals surface area contributed by atoms with E-state index in [4.69, 9.17) is 5.73 Å². The van der Waals surface area contributed by atoms with Gasteiger partial charge in [0.15, 0.2) is 0 Å². The molecule has 0 amide bonds. The molecular weight excluding hydrogens is 188 g/mol. The van der Waals surface area contributed by atoms with E-state index in [0.29, 0.717) is 5.92 Å². The zero-order chi connectivity index (χ0) is 10.9. The van der Waals surface area contributed by atoms with E-state index < -0.39 is 0 Å². The second-order valence-electron chi connectivity index (χ2n) is 4.94. The van der Waals surface area contributed by atoms with Crippen LogP contribution in [0.4, 0.5) is 0 Å². The van der Waals surface area contributed by atoms with Gasteiger partial charge in [0.25, 0.3) is 0 Å². The van der Waals surface area contributed by atoms with Gasteiger partial charge in [0, 0.05) is 25.2 Å². The largest absolute Gasteiger partial charge is 0.325 e. The molecule has 1 fully saturated rings. The van der Waals surface area contributed by atoms with Gasteiger partial charge in [-0.15, -0.1) is 5.10 Å². The molecule has 0 aromatic carbocycles. The Morgan fingerprint density at radius 1 is 1.60 bits per heavy atom. The molecule has 2 N–H and O–H groups in total. The van der Waals surface area contributed by atoms with E-state index in [9.17, 15) is 0 Å². The number of rotatable bonds is 2. The van der Waals surface area contributed by atoms with E-state index in [2.05, 4.69) is 17.2 Å². The summed E-state index contributed by atoms with van der Waals surface area (Å²) in [6.45, 7) is 2.26. The van der Waals surface area contributed by atoms with Gasteiger partial charge in [0.2, 0.25) is 0 Å². The van der Waals surface area contributed by atoms with E-state index in [-0.39, 0.29) is 5.54 Å². The van der Waals surface area contributed by atoms with E-state index in [0.717, 1.165) is 18.5 Å².